The summed E-state index contributed by atoms with van der Waals surface area (Å²) in [5.74, 6) is -1.69. The molecule has 0 fully saturated rings. The molecule has 0 aromatic heterocycles. The fourth-order valence-corrected chi connectivity index (χ4v) is 1.48. The van der Waals surface area contributed by atoms with Gasteiger partial charge >= 0.3 is 5.97 Å². The van der Waals surface area contributed by atoms with E-state index in [-0.39, 0.29) is 6.42 Å². The number of nitrogens with one attached hydrogen (secondary N) is 1. The monoisotopic (exact) mass is 251 g/mol. The van der Waals surface area contributed by atoms with E-state index in [9.17, 15) is 18.0 Å². The zero-order valence-electron chi connectivity index (χ0n) is 9.56. The summed E-state index contributed by atoms with van der Waals surface area (Å²) in [5.41, 5.74) is 0. The molecule has 0 aromatic carbocycles. The van der Waals surface area contributed by atoms with Crippen molar-refractivity contribution in [3.63, 3.8) is 0 Å². The lowest BCUT2D eigenvalue weighted by molar-refractivity contribution is -0.137. The van der Waals surface area contributed by atoms with E-state index in [1.807, 2.05) is 0 Å². The maximum atomic E-state index is 11.5. The summed E-state index contributed by atoms with van der Waals surface area (Å²) < 4.78 is 22.2. The van der Waals surface area contributed by atoms with Crippen molar-refractivity contribution in [1.82, 2.24) is 5.32 Å². The molecular weight excluding hydrogens is 234 g/mol. The normalized spacial score (nSPS) is 15.2. The number of rotatable bonds is 6. The van der Waals surface area contributed by atoms with Crippen molar-refractivity contribution in [2.24, 2.45) is 0 Å². The lowest BCUT2D eigenvalue weighted by Gasteiger charge is -2.17. The van der Waals surface area contributed by atoms with Crippen molar-refractivity contribution in [1.29, 1.82) is 0 Å². The molecule has 0 spiro atoms. The lowest BCUT2D eigenvalue weighted by Crippen LogP contribution is -2.43. The zero-order valence-corrected chi connectivity index (χ0v) is 10.4. The second-order valence-corrected chi connectivity index (χ2v) is 6.05. The van der Waals surface area contributed by atoms with Crippen molar-refractivity contribution in [3.8, 4) is 0 Å². The first-order valence-corrected chi connectivity index (χ1v) is 6.85. The summed E-state index contributed by atoms with van der Waals surface area (Å²) in [4.78, 5) is 21.9. The SMILES string of the molecule is CCC(CC(=O)O)NC(=O)C(C)S(C)(=O)=O. The summed E-state index contributed by atoms with van der Waals surface area (Å²) in [5, 5.41) is 9.81. The molecule has 16 heavy (non-hydrogen) atoms. The standard InChI is InChI=1S/C9H17NO5S/c1-4-7(5-8(11)12)10-9(13)6(2)16(3,14)15/h6-7H,4-5H2,1-3H3,(H,10,13)(H,11,12). The Balaban J connectivity index is 4.48. The van der Waals surface area contributed by atoms with Crippen LogP contribution in [-0.2, 0) is 19.4 Å². The van der Waals surface area contributed by atoms with Crippen molar-refractivity contribution in [2.45, 2.75) is 38.0 Å². The van der Waals surface area contributed by atoms with Gasteiger partial charge in [-0.1, -0.05) is 6.92 Å². The lowest BCUT2D eigenvalue weighted by atomic mass is 10.1. The van der Waals surface area contributed by atoms with Gasteiger partial charge in [-0.3, -0.25) is 9.59 Å². The molecule has 2 N–H and O–H groups in total. The second kappa shape index (κ2) is 5.83. The van der Waals surface area contributed by atoms with Gasteiger partial charge in [0.1, 0.15) is 5.25 Å². The van der Waals surface area contributed by atoms with Crippen LogP contribution in [0.15, 0.2) is 0 Å². The van der Waals surface area contributed by atoms with E-state index in [0.29, 0.717) is 6.42 Å². The zero-order chi connectivity index (χ0) is 12.9. The molecule has 2 atom stereocenters. The van der Waals surface area contributed by atoms with E-state index in [0.717, 1.165) is 6.26 Å². The van der Waals surface area contributed by atoms with Gasteiger partial charge in [0.25, 0.3) is 0 Å². The Hall–Kier alpha value is -1.11. The third-order valence-corrected chi connectivity index (χ3v) is 3.77. The van der Waals surface area contributed by atoms with Gasteiger partial charge in [-0.05, 0) is 13.3 Å². The Morgan fingerprint density at radius 1 is 1.38 bits per heavy atom. The first kappa shape index (κ1) is 14.9. The van der Waals surface area contributed by atoms with Crippen LogP contribution in [-0.4, -0.2) is 42.9 Å². The van der Waals surface area contributed by atoms with Crippen LogP contribution in [0.4, 0.5) is 0 Å². The number of carboxylic acids is 1. The van der Waals surface area contributed by atoms with Crippen LogP contribution in [0, 0.1) is 0 Å². The highest BCUT2D eigenvalue weighted by Crippen LogP contribution is 2.02. The number of hydrogen-bond acceptors (Lipinski definition) is 4. The van der Waals surface area contributed by atoms with Crippen LogP contribution in [0.1, 0.15) is 26.7 Å². The summed E-state index contributed by atoms with van der Waals surface area (Å²) in [7, 11) is -3.44. The van der Waals surface area contributed by atoms with Gasteiger partial charge in [0.15, 0.2) is 9.84 Å². The van der Waals surface area contributed by atoms with E-state index in [4.69, 9.17) is 5.11 Å². The molecule has 0 aromatic rings. The fraction of sp³-hybridized carbons (Fsp3) is 0.778. The Labute approximate surface area is 95.0 Å². The summed E-state index contributed by atoms with van der Waals surface area (Å²) in [6.07, 6.45) is 1.20. The van der Waals surface area contributed by atoms with E-state index in [2.05, 4.69) is 5.32 Å². The Kier molecular flexibility index (Phi) is 5.43. The van der Waals surface area contributed by atoms with E-state index in [1.165, 1.54) is 6.92 Å². The molecule has 0 aliphatic heterocycles. The number of sulfone groups is 1. The average Bonchev–Trinajstić information content (AvgIpc) is 2.13. The number of carbonyl (C=O) groups is 2. The van der Waals surface area contributed by atoms with Gasteiger partial charge in [-0.15, -0.1) is 0 Å². The van der Waals surface area contributed by atoms with Gasteiger partial charge < -0.3 is 10.4 Å². The summed E-state index contributed by atoms with van der Waals surface area (Å²) in [6.45, 7) is 3.00. The third kappa shape index (κ3) is 5.11. The first-order valence-electron chi connectivity index (χ1n) is 4.89. The fourth-order valence-electron chi connectivity index (χ4n) is 1.02. The van der Waals surface area contributed by atoms with Gasteiger partial charge in [0, 0.05) is 12.3 Å². The number of hydrogen-bond donors (Lipinski definition) is 2. The summed E-state index contributed by atoms with van der Waals surface area (Å²) in [6, 6.07) is -0.533. The number of aliphatic carboxylic acids is 1. The average molecular weight is 251 g/mol. The van der Waals surface area contributed by atoms with Crippen LogP contribution in [0.25, 0.3) is 0 Å². The van der Waals surface area contributed by atoms with Crippen molar-refractivity contribution in [3.05, 3.63) is 0 Å². The second-order valence-electron chi connectivity index (χ2n) is 3.68. The molecule has 0 rings (SSSR count). The topological polar surface area (TPSA) is 101 Å². The highest BCUT2D eigenvalue weighted by atomic mass is 32.2. The van der Waals surface area contributed by atoms with Crippen LogP contribution in [0.5, 0.6) is 0 Å². The molecule has 0 heterocycles. The van der Waals surface area contributed by atoms with Crippen molar-refractivity contribution < 1.29 is 23.1 Å². The Morgan fingerprint density at radius 2 is 1.88 bits per heavy atom. The summed E-state index contributed by atoms with van der Waals surface area (Å²) >= 11 is 0. The largest absolute Gasteiger partial charge is 0.481 e. The molecule has 1 amide bonds. The molecule has 0 radical (unpaired) electrons. The van der Waals surface area contributed by atoms with Crippen LogP contribution < -0.4 is 5.32 Å². The Bertz CT molecular complexity index is 362. The molecule has 0 saturated carbocycles. The van der Waals surface area contributed by atoms with Crippen LogP contribution >= 0.6 is 0 Å². The molecule has 0 aliphatic carbocycles. The molecule has 7 heteroatoms. The van der Waals surface area contributed by atoms with Crippen molar-refractivity contribution in [2.75, 3.05) is 6.26 Å². The molecule has 6 nitrogen and oxygen atoms in total. The number of amides is 1. The maximum Gasteiger partial charge on any atom is 0.305 e. The van der Waals surface area contributed by atoms with Gasteiger partial charge in [0.2, 0.25) is 5.91 Å². The number of carboxylic acid groups (broad SMARTS) is 1. The minimum atomic E-state index is -3.44. The maximum absolute atomic E-state index is 11.5. The Morgan fingerprint density at radius 3 is 2.19 bits per heavy atom. The van der Waals surface area contributed by atoms with E-state index >= 15 is 0 Å². The third-order valence-electron chi connectivity index (χ3n) is 2.27. The molecule has 0 aliphatic rings. The minimum absolute atomic E-state index is 0.210. The predicted octanol–water partition coefficient (Wildman–Crippen LogP) is -0.211. The van der Waals surface area contributed by atoms with Gasteiger partial charge in [0.05, 0.1) is 6.42 Å². The predicted molar refractivity (Wildman–Crippen MR) is 58.8 cm³/mol. The molecule has 0 saturated heterocycles. The molecular formula is C9H17NO5S. The van der Waals surface area contributed by atoms with E-state index < -0.39 is 33.0 Å². The number of carbonyl (C=O) groups excluding carboxylic acids is 1. The van der Waals surface area contributed by atoms with Gasteiger partial charge in [-0.25, -0.2) is 8.42 Å². The minimum Gasteiger partial charge on any atom is -0.481 e. The van der Waals surface area contributed by atoms with E-state index in [1.54, 1.807) is 6.92 Å². The first-order chi connectivity index (χ1) is 7.18. The van der Waals surface area contributed by atoms with Crippen molar-refractivity contribution >= 4 is 21.7 Å². The van der Waals surface area contributed by atoms with Crippen LogP contribution in [0.3, 0.4) is 0 Å². The smallest absolute Gasteiger partial charge is 0.305 e. The molecule has 2 unspecified atom stereocenters. The van der Waals surface area contributed by atoms with Gasteiger partial charge in [-0.2, -0.15) is 0 Å². The highest BCUT2D eigenvalue weighted by molar-refractivity contribution is 7.92. The molecule has 0 bridgehead atoms. The quantitative estimate of drug-likeness (QED) is 0.680. The van der Waals surface area contributed by atoms with Crippen LogP contribution in [0.2, 0.25) is 0 Å². The highest BCUT2D eigenvalue weighted by Gasteiger charge is 2.25. The molecule has 94 valence electrons.